The molecule has 0 bridgehead atoms. The van der Waals surface area contributed by atoms with E-state index in [1.165, 1.54) is 0 Å². The van der Waals surface area contributed by atoms with Crippen molar-refractivity contribution in [1.82, 2.24) is 4.57 Å². The minimum atomic E-state index is -1.19. The summed E-state index contributed by atoms with van der Waals surface area (Å²) >= 11 is 0. The molecule has 1 heterocycles. The standard InChI is InChI=1S/C17H13FN2O3/c1-20-8-7-11-12(3-2-4-15(11)20)16(21)19-14-9-10(17(22)23)5-6-13(14)18/h2-9H,1H3,(H,19,21)(H,22,23). The van der Waals surface area contributed by atoms with Crippen LogP contribution in [0.5, 0.6) is 0 Å². The number of amides is 1. The van der Waals surface area contributed by atoms with Crippen molar-refractivity contribution in [2.75, 3.05) is 5.32 Å². The van der Waals surface area contributed by atoms with Gasteiger partial charge in [-0.3, -0.25) is 4.79 Å². The number of carboxylic acid groups (broad SMARTS) is 1. The SMILES string of the molecule is Cn1ccc2c(C(=O)Nc3cc(C(=O)O)ccc3F)cccc21. The summed E-state index contributed by atoms with van der Waals surface area (Å²) in [5.74, 6) is -2.38. The van der Waals surface area contributed by atoms with Crippen LogP contribution >= 0.6 is 0 Å². The summed E-state index contributed by atoms with van der Waals surface area (Å²) in [6.07, 6.45) is 1.83. The molecule has 0 aliphatic carbocycles. The first-order valence-corrected chi connectivity index (χ1v) is 6.85. The van der Waals surface area contributed by atoms with E-state index in [2.05, 4.69) is 5.32 Å². The molecule has 0 spiro atoms. The van der Waals surface area contributed by atoms with E-state index in [4.69, 9.17) is 5.11 Å². The lowest BCUT2D eigenvalue weighted by Crippen LogP contribution is -2.14. The summed E-state index contributed by atoms with van der Waals surface area (Å²) < 4.78 is 15.7. The normalized spacial score (nSPS) is 10.7. The predicted octanol–water partition coefficient (Wildman–Crippen LogP) is 3.27. The Balaban J connectivity index is 1.98. The monoisotopic (exact) mass is 312 g/mol. The quantitative estimate of drug-likeness (QED) is 0.779. The third kappa shape index (κ3) is 2.66. The summed E-state index contributed by atoms with van der Waals surface area (Å²) in [6.45, 7) is 0. The molecule has 6 heteroatoms. The third-order valence-corrected chi connectivity index (χ3v) is 3.63. The van der Waals surface area contributed by atoms with Crippen LogP contribution in [0.3, 0.4) is 0 Å². The van der Waals surface area contributed by atoms with Gasteiger partial charge in [0.15, 0.2) is 0 Å². The molecule has 3 rings (SSSR count). The van der Waals surface area contributed by atoms with E-state index in [0.29, 0.717) is 5.56 Å². The van der Waals surface area contributed by atoms with Crippen molar-refractivity contribution in [3.8, 4) is 0 Å². The molecule has 1 amide bonds. The molecule has 0 saturated carbocycles. The number of rotatable bonds is 3. The Hall–Kier alpha value is -3.15. The molecule has 1 aromatic heterocycles. The highest BCUT2D eigenvalue weighted by atomic mass is 19.1. The first-order valence-electron chi connectivity index (χ1n) is 6.85. The lowest BCUT2D eigenvalue weighted by atomic mass is 10.1. The second kappa shape index (κ2) is 5.57. The van der Waals surface area contributed by atoms with Crippen molar-refractivity contribution < 1.29 is 19.1 Å². The van der Waals surface area contributed by atoms with Crippen LogP contribution in [0.1, 0.15) is 20.7 Å². The highest BCUT2D eigenvalue weighted by Crippen LogP contribution is 2.22. The van der Waals surface area contributed by atoms with Crippen LogP contribution in [0.2, 0.25) is 0 Å². The van der Waals surface area contributed by atoms with Gasteiger partial charge in [-0.1, -0.05) is 6.07 Å². The summed E-state index contributed by atoms with van der Waals surface area (Å²) in [5, 5.41) is 12.1. The summed E-state index contributed by atoms with van der Waals surface area (Å²) in [4.78, 5) is 23.4. The Morgan fingerprint density at radius 1 is 1.17 bits per heavy atom. The first kappa shape index (κ1) is 14.8. The van der Waals surface area contributed by atoms with Crippen molar-refractivity contribution >= 4 is 28.5 Å². The number of nitrogens with zero attached hydrogens (tertiary/aromatic N) is 1. The zero-order valence-corrected chi connectivity index (χ0v) is 12.2. The van der Waals surface area contributed by atoms with Crippen LogP contribution in [0.15, 0.2) is 48.7 Å². The maximum atomic E-state index is 13.8. The number of aryl methyl sites for hydroxylation is 1. The molecule has 3 aromatic rings. The smallest absolute Gasteiger partial charge is 0.335 e. The molecule has 23 heavy (non-hydrogen) atoms. The molecular weight excluding hydrogens is 299 g/mol. The largest absolute Gasteiger partial charge is 0.478 e. The van der Waals surface area contributed by atoms with Gasteiger partial charge in [-0.2, -0.15) is 0 Å². The van der Waals surface area contributed by atoms with Gasteiger partial charge in [0.05, 0.1) is 11.3 Å². The van der Waals surface area contributed by atoms with Gasteiger partial charge in [-0.15, -0.1) is 0 Å². The number of anilines is 1. The molecule has 0 atom stereocenters. The molecule has 116 valence electrons. The Kier molecular flexibility index (Phi) is 3.57. The summed E-state index contributed by atoms with van der Waals surface area (Å²) in [6, 6.07) is 10.3. The Morgan fingerprint density at radius 3 is 2.70 bits per heavy atom. The second-order valence-electron chi connectivity index (χ2n) is 5.12. The van der Waals surface area contributed by atoms with E-state index in [1.54, 1.807) is 18.2 Å². The molecule has 2 N–H and O–H groups in total. The average Bonchev–Trinajstić information content (AvgIpc) is 2.90. The van der Waals surface area contributed by atoms with Gasteiger partial charge < -0.3 is 15.0 Å². The van der Waals surface area contributed by atoms with Gasteiger partial charge in [0.1, 0.15) is 5.82 Å². The molecule has 0 saturated heterocycles. The molecular formula is C17H13FN2O3. The van der Waals surface area contributed by atoms with Crippen LogP contribution in [-0.2, 0) is 7.05 Å². The number of hydrogen-bond donors (Lipinski definition) is 2. The van der Waals surface area contributed by atoms with Crippen LogP contribution in [0, 0.1) is 5.82 Å². The fourth-order valence-electron chi connectivity index (χ4n) is 2.44. The highest BCUT2D eigenvalue weighted by molar-refractivity contribution is 6.12. The van der Waals surface area contributed by atoms with Crippen molar-refractivity contribution in [3.63, 3.8) is 0 Å². The number of carboxylic acids is 1. The number of aromatic carboxylic acids is 1. The molecule has 0 aliphatic rings. The average molecular weight is 312 g/mol. The van der Waals surface area contributed by atoms with E-state index >= 15 is 0 Å². The van der Waals surface area contributed by atoms with E-state index in [1.807, 2.05) is 23.9 Å². The number of nitrogens with one attached hydrogen (secondary N) is 1. The number of aromatic nitrogens is 1. The van der Waals surface area contributed by atoms with Gasteiger partial charge >= 0.3 is 5.97 Å². The van der Waals surface area contributed by atoms with Gasteiger partial charge in [0, 0.05) is 29.7 Å². The van der Waals surface area contributed by atoms with Gasteiger partial charge in [0.25, 0.3) is 5.91 Å². The van der Waals surface area contributed by atoms with Gasteiger partial charge in [-0.05, 0) is 36.4 Å². The van der Waals surface area contributed by atoms with Crippen LogP contribution < -0.4 is 5.32 Å². The molecule has 0 aliphatic heterocycles. The van der Waals surface area contributed by atoms with E-state index in [0.717, 1.165) is 29.1 Å². The molecule has 5 nitrogen and oxygen atoms in total. The van der Waals surface area contributed by atoms with Crippen molar-refractivity contribution in [2.24, 2.45) is 7.05 Å². The van der Waals surface area contributed by atoms with Crippen LogP contribution in [0.4, 0.5) is 10.1 Å². The zero-order chi connectivity index (χ0) is 16.6. The minimum absolute atomic E-state index is 0.0976. The number of benzene rings is 2. The Labute approximate surface area is 131 Å². The maximum Gasteiger partial charge on any atom is 0.335 e. The molecule has 2 aromatic carbocycles. The van der Waals surface area contributed by atoms with E-state index in [-0.39, 0.29) is 11.3 Å². The van der Waals surface area contributed by atoms with Crippen molar-refractivity contribution in [1.29, 1.82) is 0 Å². The molecule has 0 fully saturated rings. The lowest BCUT2D eigenvalue weighted by molar-refractivity contribution is 0.0696. The number of carbonyl (C=O) groups excluding carboxylic acids is 1. The fraction of sp³-hybridized carbons (Fsp3) is 0.0588. The predicted molar refractivity (Wildman–Crippen MR) is 84.2 cm³/mol. The van der Waals surface area contributed by atoms with Crippen molar-refractivity contribution in [2.45, 2.75) is 0 Å². The maximum absolute atomic E-state index is 13.8. The summed E-state index contributed by atoms with van der Waals surface area (Å²) in [5.41, 5.74) is 1.00. The number of hydrogen-bond acceptors (Lipinski definition) is 2. The Bertz CT molecular complexity index is 931. The topological polar surface area (TPSA) is 71.3 Å². The lowest BCUT2D eigenvalue weighted by Gasteiger charge is -2.08. The second-order valence-corrected chi connectivity index (χ2v) is 5.12. The van der Waals surface area contributed by atoms with E-state index < -0.39 is 17.7 Å². The van der Waals surface area contributed by atoms with Gasteiger partial charge in [0.2, 0.25) is 0 Å². The Morgan fingerprint density at radius 2 is 1.96 bits per heavy atom. The van der Waals surface area contributed by atoms with Gasteiger partial charge in [-0.25, -0.2) is 9.18 Å². The first-order chi connectivity index (χ1) is 11.0. The number of carbonyl (C=O) groups is 2. The molecule has 0 unspecified atom stereocenters. The fourth-order valence-corrected chi connectivity index (χ4v) is 2.44. The highest BCUT2D eigenvalue weighted by Gasteiger charge is 2.15. The molecule has 0 radical (unpaired) electrons. The van der Waals surface area contributed by atoms with Crippen molar-refractivity contribution in [3.05, 3.63) is 65.6 Å². The number of fused-ring (bicyclic) bond motifs is 1. The summed E-state index contributed by atoms with van der Waals surface area (Å²) in [7, 11) is 1.86. The van der Waals surface area contributed by atoms with Crippen LogP contribution in [0.25, 0.3) is 10.9 Å². The zero-order valence-electron chi connectivity index (χ0n) is 12.2. The number of halogens is 1. The van der Waals surface area contributed by atoms with E-state index in [9.17, 15) is 14.0 Å². The van der Waals surface area contributed by atoms with Crippen LogP contribution in [-0.4, -0.2) is 21.6 Å². The minimum Gasteiger partial charge on any atom is -0.478 e. The third-order valence-electron chi connectivity index (χ3n) is 3.63.